The fraction of sp³-hybridized carbons (Fsp3) is 0.471. The van der Waals surface area contributed by atoms with Gasteiger partial charge in [-0.2, -0.15) is 13.1 Å². The first-order valence-corrected chi connectivity index (χ1v) is 18.6. The summed E-state index contributed by atoms with van der Waals surface area (Å²) in [5, 5.41) is 0.470. The summed E-state index contributed by atoms with van der Waals surface area (Å²) in [6.07, 6.45) is 4.86. The van der Waals surface area contributed by atoms with E-state index in [0.29, 0.717) is 62.1 Å². The number of hydrogen-bond acceptors (Lipinski definition) is 10. The van der Waals surface area contributed by atoms with Crippen LogP contribution < -0.4 is 14.2 Å². The highest BCUT2D eigenvalue weighted by Crippen LogP contribution is 2.38. The number of pyridine rings is 1. The number of sulfonamides is 1. The lowest BCUT2D eigenvalue weighted by molar-refractivity contribution is -0.0515. The Hall–Kier alpha value is -3.27. The van der Waals surface area contributed by atoms with E-state index in [0.717, 1.165) is 19.1 Å². The van der Waals surface area contributed by atoms with Crippen molar-refractivity contribution in [3.63, 3.8) is 0 Å². The molecule has 0 spiro atoms. The number of rotatable bonds is 17. The summed E-state index contributed by atoms with van der Waals surface area (Å²) in [6.45, 7) is 0.616. The third-order valence-electron chi connectivity index (χ3n) is 8.40. The molecule has 1 atom stereocenters. The van der Waals surface area contributed by atoms with E-state index >= 15 is 0 Å². The van der Waals surface area contributed by atoms with Gasteiger partial charge in [0.25, 0.3) is 0 Å². The number of morpholine rings is 1. The Labute approximate surface area is 300 Å². The molecule has 2 fully saturated rings. The van der Waals surface area contributed by atoms with Crippen molar-refractivity contribution >= 4 is 39.2 Å². The lowest BCUT2D eigenvalue weighted by atomic mass is 10.0. The Morgan fingerprint density at radius 1 is 1.06 bits per heavy atom. The van der Waals surface area contributed by atoms with Crippen molar-refractivity contribution < 1.29 is 45.7 Å². The SMILES string of the molecule is COc1ccc(CN(CCN2CCOCC2)S(C)(=O)=O)cc1C(=O)OC(Cc1c(Cl)cncc1Cl)c1ccc(OC(F)F)c(OCC2CC2)c1. The number of hydrogen-bond donors (Lipinski definition) is 0. The number of carbonyl (C=O) groups excluding carboxylic acids is 1. The van der Waals surface area contributed by atoms with Crippen LogP contribution in [0.5, 0.6) is 17.2 Å². The van der Waals surface area contributed by atoms with Gasteiger partial charge in [0.1, 0.15) is 17.4 Å². The first kappa shape index (κ1) is 38.0. The van der Waals surface area contributed by atoms with Gasteiger partial charge in [-0.1, -0.05) is 35.3 Å². The molecule has 1 saturated carbocycles. The van der Waals surface area contributed by atoms with Gasteiger partial charge in [0.05, 0.1) is 43.2 Å². The number of nitrogens with zero attached hydrogens (tertiary/aromatic N) is 3. The largest absolute Gasteiger partial charge is 0.496 e. The number of halogens is 4. The van der Waals surface area contributed by atoms with Crippen LogP contribution >= 0.6 is 23.2 Å². The molecule has 2 aromatic carbocycles. The highest BCUT2D eigenvalue weighted by molar-refractivity contribution is 7.88. The molecule has 0 bridgehead atoms. The number of aromatic nitrogens is 1. The molecule has 3 aromatic rings. The zero-order valence-electron chi connectivity index (χ0n) is 27.7. The predicted octanol–water partition coefficient (Wildman–Crippen LogP) is 6.02. The van der Waals surface area contributed by atoms with Gasteiger partial charge >= 0.3 is 12.6 Å². The minimum absolute atomic E-state index is 0.00551. The van der Waals surface area contributed by atoms with E-state index in [1.54, 1.807) is 12.1 Å². The molecule has 1 aromatic heterocycles. The van der Waals surface area contributed by atoms with Crippen LogP contribution in [0, 0.1) is 5.92 Å². The number of methoxy groups -OCH3 is 1. The van der Waals surface area contributed by atoms with E-state index in [1.165, 1.54) is 48.1 Å². The van der Waals surface area contributed by atoms with Crippen molar-refractivity contribution in [1.82, 2.24) is 14.2 Å². The van der Waals surface area contributed by atoms with E-state index in [9.17, 15) is 22.0 Å². The quantitative estimate of drug-likeness (QED) is 0.151. The molecule has 2 heterocycles. The standard InChI is InChI=1S/C34H39Cl2F2N3O8S/c1-45-29-7-5-23(20-41(50(2,43)44)10-9-40-11-13-46-14-12-40)15-26(29)33(42)48-31(17-25-27(35)18-39-19-28(25)36)24-6-8-30(49-34(37)38)32(16-24)47-21-22-3-4-22/h5-8,15-16,18-19,22,31,34H,3-4,9-14,17,20-21H2,1-2H3. The maximum Gasteiger partial charge on any atom is 0.387 e. The molecule has 1 unspecified atom stereocenters. The van der Waals surface area contributed by atoms with Crippen molar-refractivity contribution in [1.29, 1.82) is 0 Å². The Balaban J connectivity index is 1.43. The number of benzene rings is 2. The molecule has 0 radical (unpaired) electrons. The van der Waals surface area contributed by atoms with Crippen LogP contribution in [-0.4, -0.2) is 94.6 Å². The van der Waals surface area contributed by atoms with Crippen LogP contribution in [0.2, 0.25) is 10.0 Å². The first-order valence-electron chi connectivity index (χ1n) is 16.0. The summed E-state index contributed by atoms with van der Waals surface area (Å²) in [4.78, 5) is 20.1. The number of ether oxygens (including phenoxy) is 5. The maximum atomic E-state index is 14.0. The van der Waals surface area contributed by atoms with E-state index in [4.69, 9.17) is 46.9 Å². The summed E-state index contributed by atoms with van der Waals surface area (Å²) in [5.74, 6) is -0.361. The van der Waals surface area contributed by atoms with E-state index < -0.39 is 28.7 Å². The van der Waals surface area contributed by atoms with E-state index in [1.807, 2.05) is 0 Å². The Kier molecular flexibility index (Phi) is 13.1. The highest BCUT2D eigenvalue weighted by Gasteiger charge is 2.28. The molecule has 2 aliphatic rings. The summed E-state index contributed by atoms with van der Waals surface area (Å²) < 4.78 is 80.9. The molecule has 272 valence electrons. The highest BCUT2D eigenvalue weighted by atomic mass is 35.5. The zero-order valence-corrected chi connectivity index (χ0v) is 30.0. The molecule has 16 heteroatoms. The third kappa shape index (κ3) is 10.6. The summed E-state index contributed by atoms with van der Waals surface area (Å²) in [5.41, 5.74) is 1.42. The summed E-state index contributed by atoms with van der Waals surface area (Å²) in [7, 11) is -2.20. The second-order valence-electron chi connectivity index (χ2n) is 12.1. The molecule has 0 amide bonds. The average Bonchev–Trinajstić information content (AvgIpc) is 3.91. The lowest BCUT2D eigenvalue weighted by Crippen LogP contribution is -2.42. The minimum Gasteiger partial charge on any atom is -0.496 e. The predicted molar refractivity (Wildman–Crippen MR) is 183 cm³/mol. The molecule has 1 aliphatic carbocycles. The van der Waals surface area contributed by atoms with Crippen LogP contribution in [-0.2, 0) is 32.5 Å². The third-order valence-corrected chi connectivity index (χ3v) is 10.3. The van der Waals surface area contributed by atoms with Gasteiger partial charge in [-0.3, -0.25) is 9.88 Å². The van der Waals surface area contributed by atoms with Crippen molar-refractivity contribution in [2.75, 3.05) is 59.4 Å². The van der Waals surface area contributed by atoms with Gasteiger partial charge in [0.15, 0.2) is 11.5 Å². The topological polar surface area (TPSA) is 117 Å². The molecule has 1 saturated heterocycles. The number of carbonyl (C=O) groups is 1. The maximum absolute atomic E-state index is 14.0. The van der Waals surface area contributed by atoms with Gasteiger partial charge in [-0.25, -0.2) is 13.2 Å². The smallest absolute Gasteiger partial charge is 0.387 e. The Bertz CT molecular complexity index is 1720. The lowest BCUT2D eigenvalue weighted by Gasteiger charge is -2.29. The monoisotopic (exact) mass is 757 g/mol. The van der Waals surface area contributed by atoms with Crippen LogP contribution in [0.3, 0.4) is 0 Å². The molecular weight excluding hydrogens is 719 g/mol. The fourth-order valence-electron chi connectivity index (χ4n) is 5.42. The van der Waals surface area contributed by atoms with Crippen molar-refractivity contribution in [2.45, 2.75) is 38.5 Å². The van der Waals surface area contributed by atoms with Crippen LogP contribution in [0.1, 0.15) is 46.0 Å². The molecular formula is C34H39Cl2F2N3O8S. The van der Waals surface area contributed by atoms with Gasteiger partial charge in [0, 0.05) is 51.5 Å². The zero-order chi connectivity index (χ0) is 35.8. The van der Waals surface area contributed by atoms with Crippen molar-refractivity contribution in [3.05, 3.63) is 81.1 Å². The second-order valence-corrected chi connectivity index (χ2v) is 14.9. The first-order chi connectivity index (χ1) is 23.9. The van der Waals surface area contributed by atoms with Gasteiger partial charge < -0.3 is 23.7 Å². The van der Waals surface area contributed by atoms with Crippen molar-refractivity contribution in [3.8, 4) is 17.2 Å². The number of esters is 1. The number of alkyl halides is 2. The summed E-state index contributed by atoms with van der Waals surface area (Å²) >= 11 is 12.9. The van der Waals surface area contributed by atoms with Crippen molar-refractivity contribution in [2.24, 2.45) is 5.92 Å². The fourth-order valence-corrected chi connectivity index (χ4v) is 6.73. The van der Waals surface area contributed by atoms with Crippen LogP contribution in [0.4, 0.5) is 8.78 Å². The van der Waals surface area contributed by atoms with E-state index in [2.05, 4.69) is 9.88 Å². The Morgan fingerprint density at radius 2 is 1.76 bits per heavy atom. The van der Waals surface area contributed by atoms with Crippen LogP contribution in [0.15, 0.2) is 48.8 Å². The van der Waals surface area contributed by atoms with Gasteiger partial charge in [-0.15, -0.1) is 0 Å². The molecule has 5 rings (SSSR count). The average molecular weight is 759 g/mol. The molecule has 1 aliphatic heterocycles. The second kappa shape index (κ2) is 17.3. The van der Waals surface area contributed by atoms with Gasteiger partial charge in [0.2, 0.25) is 10.0 Å². The molecule has 11 nitrogen and oxygen atoms in total. The molecule has 0 N–H and O–H groups in total. The van der Waals surface area contributed by atoms with E-state index in [-0.39, 0.29) is 52.4 Å². The molecule has 50 heavy (non-hydrogen) atoms. The van der Waals surface area contributed by atoms with Crippen LogP contribution in [0.25, 0.3) is 0 Å². The summed E-state index contributed by atoms with van der Waals surface area (Å²) in [6, 6.07) is 9.10. The Morgan fingerprint density at radius 3 is 2.40 bits per heavy atom. The normalized spacial score (nSPS) is 16.0. The minimum atomic E-state index is -3.60. The van der Waals surface area contributed by atoms with Gasteiger partial charge in [-0.05, 0) is 59.7 Å².